The molecule has 30 heavy (non-hydrogen) atoms. The number of phenols is 1. The number of ether oxygens (including phenoxy) is 1. The number of pyridine rings is 2. The van der Waals surface area contributed by atoms with E-state index in [9.17, 15) is 19.8 Å². The number of aliphatic hydroxyl groups is 1. The van der Waals surface area contributed by atoms with E-state index in [1.165, 1.54) is 6.92 Å². The molecule has 0 amide bonds. The van der Waals surface area contributed by atoms with Gasteiger partial charge in [0.05, 0.1) is 29.0 Å². The lowest BCUT2D eigenvalue weighted by molar-refractivity contribution is -0.169. The highest BCUT2D eigenvalue weighted by Gasteiger charge is 2.43. The van der Waals surface area contributed by atoms with E-state index in [1.807, 2.05) is 20.8 Å². The van der Waals surface area contributed by atoms with Crippen LogP contribution in [0.15, 0.2) is 29.1 Å². The topological polar surface area (TPSA) is 102 Å². The predicted molar refractivity (Wildman–Crippen MR) is 112 cm³/mol. The Morgan fingerprint density at radius 2 is 1.93 bits per heavy atom. The van der Waals surface area contributed by atoms with Crippen molar-refractivity contribution in [1.29, 1.82) is 0 Å². The smallest absolute Gasteiger partial charge is 0.342 e. The van der Waals surface area contributed by atoms with Crippen LogP contribution in [0.3, 0.4) is 0 Å². The number of aryl methyl sites for hydroxylation is 1. The SMILES string of the molecule is CC.CCc1c2c(nc3ccc(O)cc13)-c1cc3c(c(=O)n1C2)COC(=O)[C@@]3(C)O. The molecule has 0 saturated carbocycles. The van der Waals surface area contributed by atoms with Crippen molar-refractivity contribution in [2.45, 2.75) is 52.9 Å². The van der Waals surface area contributed by atoms with Crippen LogP contribution >= 0.6 is 0 Å². The van der Waals surface area contributed by atoms with Crippen LogP contribution in [0.1, 0.15) is 49.9 Å². The molecular formula is C23H24N2O5. The van der Waals surface area contributed by atoms with Crippen molar-refractivity contribution in [1.82, 2.24) is 9.55 Å². The Balaban J connectivity index is 0.00000106. The summed E-state index contributed by atoms with van der Waals surface area (Å²) in [6.45, 7) is 7.57. The number of nitrogens with zero attached hydrogens (tertiary/aromatic N) is 2. The summed E-state index contributed by atoms with van der Waals surface area (Å²) >= 11 is 0. The maximum absolute atomic E-state index is 13.1. The molecule has 0 aliphatic carbocycles. The Kier molecular flexibility index (Phi) is 4.66. The molecule has 5 rings (SSSR count). The second-order valence-electron chi connectivity index (χ2n) is 7.43. The van der Waals surface area contributed by atoms with E-state index in [1.54, 1.807) is 28.8 Å². The molecule has 1 aromatic carbocycles. The fourth-order valence-electron chi connectivity index (χ4n) is 4.31. The molecule has 0 saturated heterocycles. The van der Waals surface area contributed by atoms with Crippen LogP contribution in [0.4, 0.5) is 0 Å². The van der Waals surface area contributed by atoms with Crippen LogP contribution in [0, 0.1) is 0 Å². The third-order valence-corrected chi connectivity index (χ3v) is 5.77. The quantitative estimate of drug-likeness (QED) is 0.470. The summed E-state index contributed by atoms with van der Waals surface area (Å²) in [5, 5.41) is 21.4. The first kappa shape index (κ1) is 20.1. The second kappa shape index (κ2) is 6.95. The van der Waals surface area contributed by atoms with Crippen LogP contribution in [0.5, 0.6) is 5.75 Å². The lowest BCUT2D eigenvalue weighted by atomic mass is 9.89. The number of rotatable bonds is 1. The third kappa shape index (κ3) is 2.65. The molecule has 2 aliphatic heterocycles. The molecule has 0 radical (unpaired) electrons. The monoisotopic (exact) mass is 408 g/mol. The van der Waals surface area contributed by atoms with E-state index in [-0.39, 0.29) is 23.5 Å². The summed E-state index contributed by atoms with van der Waals surface area (Å²) in [6.07, 6.45) is 0.715. The van der Waals surface area contributed by atoms with Gasteiger partial charge in [-0.25, -0.2) is 9.78 Å². The van der Waals surface area contributed by atoms with Crippen molar-refractivity contribution in [2.75, 3.05) is 0 Å². The molecule has 1 atom stereocenters. The zero-order valence-electron chi connectivity index (χ0n) is 17.4. The van der Waals surface area contributed by atoms with E-state index in [4.69, 9.17) is 9.72 Å². The van der Waals surface area contributed by atoms with E-state index >= 15 is 0 Å². The minimum absolute atomic E-state index is 0.149. The number of carbonyl (C=O) groups is 1. The number of benzene rings is 1. The fourth-order valence-corrected chi connectivity index (χ4v) is 4.31. The van der Waals surface area contributed by atoms with Gasteiger partial charge in [-0.05, 0) is 43.2 Å². The number of hydrogen-bond acceptors (Lipinski definition) is 6. The maximum atomic E-state index is 13.1. The molecule has 2 aliphatic rings. The summed E-state index contributed by atoms with van der Waals surface area (Å²) in [6, 6.07) is 6.70. The van der Waals surface area contributed by atoms with Crippen molar-refractivity contribution in [2.24, 2.45) is 0 Å². The van der Waals surface area contributed by atoms with Crippen molar-refractivity contribution < 1.29 is 19.7 Å². The lowest BCUT2D eigenvalue weighted by Gasteiger charge is -2.29. The first-order chi connectivity index (χ1) is 14.3. The van der Waals surface area contributed by atoms with Crippen LogP contribution < -0.4 is 5.56 Å². The van der Waals surface area contributed by atoms with E-state index < -0.39 is 11.6 Å². The largest absolute Gasteiger partial charge is 0.508 e. The second-order valence-corrected chi connectivity index (χ2v) is 7.43. The van der Waals surface area contributed by atoms with Crippen molar-refractivity contribution >= 4 is 16.9 Å². The molecular weight excluding hydrogens is 384 g/mol. The average Bonchev–Trinajstić information content (AvgIpc) is 3.10. The summed E-state index contributed by atoms with van der Waals surface area (Å²) in [5.41, 5.74) is 2.33. The molecule has 0 bridgehead atoms. The number of carbonyl (C=O) groups excluding carboxylic acids is 1. The predicted octanol–water partition coefficient (Wildman–Crippen LogP) is 2.98. The molecule has 156 valence electrons. The standard InChI is InChI=1S/C21H18N2O5.C2H6/c1-3-11-12-6-10(24)4-5-16(12)22-18-13(11)8-23-17(18)7-15-14(19(23)25)9-28-20(26)21(15,2)27;1-2/h4-7,24,27H,3,8-9H2,1-2H3;1-2H3/t21-;/m0./s1. The van der Waals surface area contributed by atoms with Crippen LogP contribution in [-0.2, 0) is 34.7 Å². The molecule has 7 nitrogen and oxygen atoms in total. The molecule has 7 heteroatoms. The van der Waals surface area contributed by atoms with Gasteiger partial charge in [0, 0.05) is 16.5 Å². The van der Waals surface area contributed by atoms with E-state index in [0.717, 1.165) is 22.0 Å². The van der Waals surface area contributed by atoms with Crippen LogP contribution in [-0.4, -0.2) is 25.7 Å². The van der Waals surface area contributed by atoms with Gasteiger partial charge in [-0.2, -0.15) is 0 Å². The third-order valence-electron chi connectivity index (χ3n) is 5.77. The highest BCUT2D eigenvalue weighted by Crippen LogP contribution is 2.39. The molecule has 4 heterocycles. The van der Waals surface area contributed by atoms with Gasteiger partial charge in [-0.15, -0.1) is 0 Å². The van der Waals surface area contributed by atoms with Gasteiger partial charge in [-0.1, -0.05) is 20.8 Å². The summed E-state index contributed by atoms with van der Waals surface area (Å²) < 4.78 is 6.63. The molecule has 2 aromatic heterocycles. The Morgan fingerprint density at radius 3 is 2.63 bits per heavy atom. The number of esters is 1. The molecule has 0 fully saturated rings. The molecule has 0 unspecified atom stereocenters. The zero-order chi connectivity index (χ0) is 21.8. The van der Waals surface area contributed by atoms with Gasteiger partial charge in [0.2, 0.25) is 0 Å². The number of cyclic esters (lactones) is 1. The normalized spacial score (nSPS) is 18.8. The Hall–Kier alpha value is -3.19. The minimum atomic E-state index is -1.87. The Morgan fingerprint density at radius 1 is 1.20 bits per heavy atom. The first-order valence-corrected chi connectivity index (χ1v) is 10.1. The average molecular weight is 408 g/mol. The number of aromatic hydroxyl groups is 1. The number of fused-ring (bicyclic) bond motifs is 5. The van der Waals surface area contributed by atoms with Crippen molar-refractivity contribution in [3.8, 4) is 17.1 Å². The van der Waals surface area contributed by atoms with E-state index in [0.29, 0.717) is 29.9 Å². The summed E-state index contributed by atoms with van der Waals surface area (Å²) in [7, 11) is 0. The van der Waals surface area contributed by atoms with E-state index in [2.05, 4.69) is 0 Å². The van der Waals surface area contributed by atoms with Crippen molar-refractivity contribution in [3.63, 3.8) is 0 Å². The number of aromatic nitrogens is 2. The molecule has 2 N–H and O–H groups in total. The minimum Gasteiger partial charge on any atom is -0.508 e. The van der Waals surface area contributed by atoms with Crippen LogP contribution in [0.2, 0.25) is 0 Å². The van der Waals surface area contributed by atoms with Gasteiger partial charge in [0.1, 0.15) is 12.4 Å². The molecule has 3 aromatic rings. The Labute approximate surface area is 173 Å². The summed E-state index contributed by atoms with van der Waals surface area (Å²) in [5.74, 6) is -0.599. The maximum Gasteiger partial charge on any atom is 0.342 e. The highest BCUT2D eigenvalue weighted by molar-refractivity contribution is 5.89. The van der Waals surface area contributed by atoms with Gasteiger partial charge in [0.25, 0.3) is 5.56 Å². The van der Waals surface area contributed by atoms with Crippen LogP contribution in [0.25, 0.3) is 22.3 Å². The van der Waals surface area contributed by atoms with Gasteiger partial charge >= 0.3 is 5.97 Å². The van der Waals surface area contributed by atoms with Gasteiger partial charge < -0.3 is 19.5 Å². The number of phenolic OH excluding ortho intramolecular Hbond substituents is 1. The van der Waals surface area contributed by atoms with Gasteiger partial charge in [0.15, 0.2) is 5.60 Å². The zero-order valence-corrected chi connectivity index (χ0v) is 17.4. The highest BCUT2D eigenvalue weighted by atomic mass is 16.6. The Bertz CT molecular complexity index is 1260. The number of hydrogen-bond donors (Lipinski definition) is 2. The first-order valence-electron chi connectivity index (χ1n) is 10.1. The molecule has 0 spiro atoms. The van der Waals surface area contributed by atoms with Gasteiger partial charge in [-0.3, -0.25) is 4.79 Å². The lowest BCUT2D eigenvalue weighted by Crippen LogP contribution is -2.42. The fraction of sp³-hybridized carbons (Fsp3) is 0.348. The summed E-state index contributed by atoms with van der Waals surface area (Å²) in [4.78, 5) is 29.9. The van der Waals surface area contributed by atoms with Crippen molar-refractivity contribution in [3.05, 3.63) is 56.9 Å².